The van der Waals surface area contributed by atoms with Gasteiger partial charge in [-0.3, -0.25) is 0 Å². The first-order chi connectivity index (χ1) is 7.69. The Morgan fingerprint density at radius 2 is 2.19 bits per heavy atom. The van der Waals surface area contributed by atoms with Gasteiger partial charge in [0.25, 0.3) is 0 Å². The lowest BCUT2D eigenvalue weighted by Crippen LogP contribution is -2.20. The molecule has 0 radical (unpaired) electrons. The summed E-state index contributed by atoms with van der Waals surface area (Å²) in [5.41, 5.74) is 1.27. The lowest BCUT2D eigenvalue weighted by atomic mass is 10.1. The summed E-state index contributed by atoms with van der Waals surface area (Å²) in [7, 11) is 1.68. The maximum Gasteiger partial charge on any atom is 0.120 e. The van der Waals surface area contributed by atoms with E-state index in [0.717, 1.165) is 16.8 Å². The Bertz CT molecular complexity index is 328. The Morgan fingerprint density at radius 3 is 2.75 bits per heavy atom. The fourth-order valence-corrected chi connectivity index (χ4v) is 2.29. The van der Waals surface area contributed by atoms with Crippen LogP contribution in [0.25, 0.3) is 0 Å². The first-order valence-electron chi connectivity index (χ1n) is 5.75. The summed E-state index contributed by atoms with van der Waals surface area (Å²) in [5.74, 6) is 0.886. The van der Waals surface area contributed by atoms with Crippen LogP contribution in [0.2, 0.25) is 0 Å². The molecule has 0 aliphatic heterocycles. The molecule has 1 N–H and O–H groups in total. The molecular formula is C13H20BrNO. The zero-order valence-corrected chi connectivity index (χ0v) is 11.8. The number of hydrogen-bond donors (Lipinski definition) is 1. The van der Waals surface area contributed by atoms with Gasteiger partial charge in [-0.25, -0.2) is 0 Å². The van der Waals surface area contributed by atoms with Gasteiger partial charge in [-0.05, 0) is 37.6 Å². The maximum absolute atomic E-state index is 5.18. The van der Waals surface area contributed by atoms with Crippen molar-refractivity contribution in [3.05, 3.63) is 28.2 Å². The minimum Gasteiger partial charge on any atom is -0.497 e. The molecule has 1 unspecified atom stereocenters. The molecule has 0 spiro atoms. The van der Waals surface area contributed by atoms with Crippen molar-refractivity contribution in [2.45, 2.75) is 32.7 Å². The molecule has 0 amide bonds. The van der Waals surface area contributed by atoms with Crippen molar-refractivity contribution >= 4 is 15.9 Å². The smallest absolute Gasteiger partial charge is 0.120 e. The molecule has 0 saturated heterocycles. The quantitative estimate of drug-likeness (QED) is 0.801. The van der Waals surface area contributed by atoms with Crippen LogP contribution in [0.1, 0.15) is 38.3 Å². The summed E-state index contributed by atoms with van der Waals surface area (Å²) in [6.07, 6.45) is 2.45. The van der Waals surface area contributed by atoms with E-state index in [1.165, 1.54) is 18.4 Å². The third-order valence-corrected chi connectivity index (χ3v) is 3.34. The van der Waals surface area contributed by atoms with E-state index >= 15 is 0 Å². The van der Waals surface area contributed by atoms with Gasteiger partial charge in [0, 0.05) is 10.5 Å². The molecular weight excluding hydrogens is 266 g/mol. The fourth-order valence-electron chi connectivity index (χ4n) is 1.59. The predicted molar refractivity (Wildman–Crippen MR) is 72.0 cm³/mol. The number of ether oxygens (including phenoxy) is 1. The monoisotopic (exact) mass is 285 g/mol. The van der Waals surface area contributed by atoms with Crippen LogP contribution in [0.3, 0.4) is 0 Å². The SMILES string of the molecule is CCCCNC(C)c1ccc(OC)cc1Br. The highest BCUT2D eigenvalue weighted by Crippen LogP contribution is 2.27. The van der Waals surface area contributed by atoms with Crippen molar-refractivity contribution < 1.29 is 4.74 Å². The topological polar surface area (TPSA) is 21.3 Å². The van der Waals surface area contributed by atoms with Gasteiger partial charge in [0.1, 0.15) is 5.75 Å². The minimum absolute atomic E-state index is 0.367. The largest absolute Gasteiger partial charge is 0.497 e. The molecule has 90 valence electrons. The van der Waals surface area contributed by atoms with E-state index in [9.17, 15) is 0 Å². The number of rotatable bonds is 6. The van der Waals surface area contributed by atoms with Crippen molar-refractivity contribution in [1.82, 2.24) is 5.32 Å². The van der Waals surface area contributed by atoms with E-state index in [4.69, 9.17) is 4.74 Å². The Hall–Kier alpha value is -0.540. The molecule has 0 aliphatic carbocycles. The highest BCUT2D eigenvalue weighted by Gasteiger charge is 2.09. The lowest BCUT2D eigenvalue weighted by Gasteiger charge is -2.16. The molecule has 1 aromatic rings. The molecule has 3 heteroatoms. The molecule has 0 fully saturated rings. The summed E-state index contributed by atoms with van der Waals surface area (Å²) in [4.78, 5) is 0. The van der Waals surface area contributed by atoms with Crippen molar-refractivity contribution in [3.8, 4) is 5.75 Å². The molecule has 1 atom stereocenters. The van der Waals surface area contributed by atoms with Crippen LogP contribution in [0.5, 0.6) is 5.75 Å². The summed E-state index contributed by atoms with van der Waals surface area (Å²) < 4.78 is 6.28. The molecule has 0 bridgehead atoms. The molecule has 0 heterocycles. The average molecular weight is 286 g/mol. The van der Waals surface area contributed by atoms with Gasteiger partial charge in [-0.1, -0.05) is 35.3 Å². The Morgan fingerprint density at radius 1 is 1.44 bits per heavy atom. The van der Waals surface area contributed by atoms with Gasteiger partial charge in [-0.2, -0.15) is 0 Å². The molecule has 0 aromatic heterocycles. The van der Waals surface area contributed by atoms with Crippen molar-refractivity contribution in [2.24, 2.45) is 0 Å². The van der Waals surface area contributed by atoms with Gasteiger partial charge in [0.2, 0.25) is 0 Å². The second kappa shape index (κ2) is 6.92. The summed E-state index contributed by atoms with van der Waals surface area (Å²) >= 11 is 3.58. The number of methoxy groups -OCH3 is 1. The number of hydrogen-bond acceptors (Lipinski definition) is 2. The highest BCUT2D eigenvalue weighted by atomic mass is 79.9. The third-order valence-electron chi connectivity index (χ3n) is 2.65. The summed E-state index contributed by atoms with van der Waals surface area (Å²) in [5, 5.41) is 3.51. The van der Waals surface area contributed by atoms with Crippen LogP contribution in [-0.2, 0) is 0 Å². The van der Waals surface area contributed by atoms with Crippen molar-refractivity contribution in [3.63, 3.8) is 0 Å². The Kier molecular flexibility index (Phi) is 5.85. The van der Waals surface area contributed by atoms with Crippen LogP contribution < -0.4 is 10.1 Å². The van der Waals surface area contributed by atoms with E-state index in [2.05, 4.69) is 41.2 Å². The van der Waals surface area contributed by atoms with Crippen LogP contribution in [0.15, 0.2) is 22.7 Å². The molecule has 1 rings (SSSR count). The zero-order valence-electron chi connectivity index (χ0n) is 10.2. The van der Waals surface area contributed by atoms with E-state index in [1.807, 2.05) is 12.1 Å². The average Bonchev–Trinajstić information content (AvgIpc) is 2.29. The molecule has 1 aromatic carbocycles. The fraction of sp³-hybridized carbons (Fsp3) is 0.538. The van der Waals surface area contributed by atoms with Crippen LogP contribution in [0, 0.1) is 0 Å². The molecule has 2 nitrogen and oxygen atoms in total. The Balaban J connectivity index is 2.64. The predicted octanol–water partition coefficient (Wildman–Crippen LogP) is 3.91. The van der Waals surface area contributed by atoms with Crippen LogP contribution in [-0.4, -0.2) is 13.7 Å². The zero-order chi connectivity index (χ0) is 12.0. The minimum atomic E-state index is 0.367. The van der Waals surface area contributed by atoms with E-state index in [0.29, 0.717) is 6.04 Å². The molecule has 0 aliphatic rings. The third kappa shape index (κ3) is 3.80. The second-order valence-corrected chi connectivity index (χ2v) is 4.77. The Labute approximate surface area is 107 Å². The summed E-state index contributed by atoms with van der Waals surface area (Å²) in [6.45, 7) is 5.45. The van der Waals surface area contributed by atoms with Crippen molar-refractivity contribution in [2.75, 3.05) is 13.7 Å². The number of nitrogens with one attached hydrogen (secondary N) is 1. The van der Waals surface area contributed by atoms with Crippen molar-refractivity contribution in [1.29, 1.82) is 0 Å². The maximum atomic E-state index is 5.18. The first kappa shape index (κ1) is 13.5. The van der Waals surface area contributed by atoms with Gasteiger partial charge in [0.05, 0.1) is 7.11 Å². The van der Waals surface area contributed by atoms with Crippen LogP contribution in [0.4, 0.5) is 0 Å². The lowest BCUT2D eigenvalue weighted by molar-refractivity contribution is 0.414. The van der Waals surface area contributed by atoms with Gasteiger partial charge in [0.15, 0.2) is 0 Å². The number of unbranched alkanes of at least 4 members (excludes halogenated alkanes) is 1. The standard InChI is InChI=1S/C13H20BrNO/c1-4-5-8-15-10(2)12-7-6-11(16-3)9-13(12)14/h6-7,9-10,15H,4-5,8H2,1-3H3. The number of benzene rings is 1. The normalized spacial score (nSPS) is 12.5. The number of halogens is 1. The molecule has 16 heavy (non-hydrogen) atoms. The van der Waals surface area contributed by atoms with Gasteiger partial charge < -0.3 is 10.1 Å². The first-order valence-corrected chi connectivity index (χ1v) is 6.55. The summed E-state index contributed by atoms with van der Waals surface area (Å²) in [6, 6.07) is 6.48. The van der Waals surface area contributed by atoms with Gasteiger partial charge >= 0.3 is 0 Å². The highest BCUT2D eigenvalue weighted by molar-refractivity contribution is 9.10. The van der Waals surface area contributed by atoms with E-state index in [-0.39, 0.29) is 0 Å². The van der Waals surface area contributed by atoms with E-state index < -0.39 is 0 Å². The second-order valence-electron chi connectivity index (χ2n) is 3.92. The van der Waals surface area contributed by atoms with Crippen LogP contribution >= 0.6 is 15.9 Å². The van der Waals surface area contributed by atoms with E-state index in [1.54, 1.807) is 7.11 Å². The molecule has 0 saturated carbocycles. The van der Waals surface area contributed by atoms with Gasteiger partial charge in [-0.15, -0.1) is 0 Å².